The number of anilines is 1. The fourth-order valence-corrected chi connectivity index (χ4v) is 1.85. The predicted octanol–water partition coefficient (Wildman–Crippen LogP) is 2.46. The number of benzene rings is 1. The first-order valence-electron chi connectivity index (χ1n) is 6.06. The SMILES string of the molecule is CC1OC(=O)Nc2ccc(OCCCCO)cc21. The van der Waals surface area contributed by atoms with Gasteiger partial charge in [0, 0.05) is 12.2 Å². The molecule has 1 aliphatic heterocycles. The Morgan fingerprint density at radius 3 is 3.06 bits per heavy atom. The molecule has 1 aliphatic rings. The molecule has 0 aliphatic carbocycles. The average molecular weight is 251 g/mol. The summed E-state index contributed by atoms with van der Waals surface area (Å²) in [5.41, 5.74) is 1.68. The van der Waals surface area contributed by atoms with Gasteiger partial charge >= 0.3 is 6.09 Å². The van der Waals surface area contributed by atoms with Crippen LogP contribution < -0.4 is 10.1 Å². The van der Waals surface area contributed by atoms with Crippen LogP contribution in [0, 0.1) is 0 Å². The molecule has 18 heavy (non-hydrogen) atoms. The minimum Gasteiger partial charge on any atom is -0.494 e. The van der Waals surface area contributed by atoms with Crippen LogP contribution in [0.4, 0.5) is 10.5 Å². The molecule has 0 saturated heterocycles. The van der Waals surface area contributed by atoms with Gasteiger partial charge in [0.1, 0.15) is 11.9 Å². The second kappa shape index (κ2) is 5.73. The number of amides is 1. The van der Waals surface area contributed by atoms with E-state index in [9.17, 15) is 4.79 Å². The van der Waals surface area contributed by atoms with Crippen molar-refractivity contribution < 1.29 is 19.4 Å². The summed E-state index contributed by atoms with van der Waals surface area (Å²) in [6.07, 6.45) is 0.859. The van der Waals surface area contributed by atoms with Gasteiger partial charge in [0.05, 0.1) is 12.3 Å². The van der Waals surface area contributed by atoms with Crippen molar-refractivity contribution in [3.63, 3.8) is 0 Å². The van der Waals surface area contributed by atoms with E-state index < -0.39 is 6.09 Å². The minimum absolute atomic E-state index is 0.185. The number of cyclic esters (lactones) is 1. The molecular formula is C13H17NO4. The smallest absolute Gasteiger partial charge is 0.412 e. The van der Waals surface area contributed by atoms with Crippen LogP contribution in [0.2, 0.25) is 0 Å². The van der Waals surface area contributed by atoms with Crippen molar-refractivity contribution in [1.29, 1.82) is 0 Å². The summed E-state index contributed by atoms with van der Waals surface area (Å²) >= 11 is 0. The van der Waals surface area contributed by atoms with E-state index in [1.54, 1.807) is 0 Å². The summed E-state index contributed by atoms with van der Waals surface area (Å²) in [6.45, 7) is 2.58. The van der Waals surface area contributed by atoms with Crippen LogP contribution in [-0.2, 0) is 4.74 Å². The van der Waals surface area contributed by atoms with E-state index in [0.717, 1.165) is 29.8 Å². The van der Waals surface area contributed by atoms with Crippen molar-refractivity contribution in [3.8, 4) is 5.75 Å². The number of unbranched alkanes of at least 4 members (excludes halogenated alkanes) is 1. The molecule has 98 valence electrons. The van der Waals surface area contributed by atoms with E-state index >= 15 is 0 Å². The molecule has 5 heteroatoms. The number of aliphatic hydroxyl groups excluding tert-OH is 1. The van der Waals surface area contributed by atoms with Crippen molar-refractivity contribution in [2.24, 2.45) is 0 Å². The molecule has 0 spiro atoms. The summed E-state index contributed by atoms with van der Waals surface area (Å²) in [5.74, 6) is 0.748. The molecule has 0 fully saturated rings. The zero-order valence-electron chi connectivity index (χ0n) is 10.3. The third-order valence-electron chi connectivity index (χ3n) is 2.80. The number of hydrogen-bond donors (Lipinski definition) is 2. The molecule has 0 bridgehead atoms. The second-order valence-corrected chi connectivity index (χ2v) is 4.20. The number of carbonyl (C=O) groups excluding carboxylic acids is 1. The monoisotopic (exact) mass is 251 g/mol. The van der Waals surface area contributed by atoms with Crippen LogP contribution in [0.25, 0.3) is 0 Å². The molecule has 0 saturated carbocycles. The van der Waals surface area contributed by atoms with Crippen LogP contribution >= 0.6 is 0 Å². The number of fused-ring (bicyclic) bond motifs is 1. The van der Waals surface area contributed by atoms with Gasteiger partial charge in [0.2, 0.25) is 0 Å². The van der Waals surface area contributed by atoms with Crippen LogP contribution in [0.5, 0.6) is 5.75 Å². The van der Waals surface area contributed by atoms with Gasteiger partial charge in [-0.25, -0.2) is 4.79 Å². The van der Waals surface area contributed by atoms with Gasteiger partial charge in [-0.3, -0.25) is 5.32 Å². The highest BCUT2D eigenvalue weighted by Crippen LogP contribution is 2.33. The summed E-state index contributed by atoms with van der Waals surface area (Å²) in [5, 5.41) is 11.3. The van der Waals surface area contributed by atoms with Crippen LogP contribution in [0.3, 0.4) is 0 Å². The molecule has 1 amide bonds. The van der Waals surface area contributed by atoms with Gasteiger partial charge in [-0.15, -0.1) is 0 Å². The lowest BCUT2D eigenvalue weighted by atomic mass is 10.1. The van der Waals surface area contributed by atoms with Crippen molar-refractivity contribution in [2.45, 2.75) is 25.9 Å². The first-order valence-corrected chi connectivity index (χ1v) is 6.06. The van der Waals surface area contributed by atoms with Crippen LogP contribution in [0.15, 0.2) is 18.2 Å². The highest BCUT2D eigenvalue weighted by Gasteiger charge is 2.22. The third kappa shape index (κ3) is 2.92. The standard InChI is InChI=1S/C13H17NO4/c1-9-11-8-10(17-7-3-2-6-15)4-5-12(11)14-13(16)18-9/h4-5,8-9,15H,2-3,6-7H2,1H3,(H,14,16). The van der Waals surface area contributed by atoms with Crippen molar-refractivity contribution in [2.75, 3.05) is 18.5 Å². The molecule has 1 heterocycles. The van der Waals surface area contributed by atoms with Gasteiger partial charge < -0.3 is 14.6 Å². The Morgan fingerprint density at radius 1 is 1.44 bits per heavy atom. The largest absolute Gasteiger partial charge is 0.494 e. The van der Waals surface area contributed by atoms with Gasteiger partial charge in [-0.1, -0.05) is 0 Å². The van der Waals surface area contributed by atoms with Gasteiger partial charge in [-0.05, 0) is 38.0 Å². The predicted molar refractivity (Wildman–Crippen MR) is 66.8 cm³/mol. The van der Waals surface area contributed by atoms with E-state index in [1.165, 1.54) is 0 Å². The van der Waals surface area contributed by atoms with Gasteiger partial charge in [0.25, 0.3) is 0 Å². The van der Waals surface area contributed by atoms with E-state index in [2.05, 4.69) is 5.32 Å². The van der Waals surface area contributed by atoms with E-state index in [1.807, 2.05) is 25.1 Å². The topological polar surface area (TPSA) is 67.8 Å². The Labute approximate surface area is 106 Å². The van der Waals surface area contributed by atoms with E-state index in [0.29, 0.717) is 6.61 Å². The zero-order valence-corrected chi connectivity index (χ0v) is 10.3. The minimum atomic E-state index is -0.424. The lowest BCUT2D eigenvalue weighted by Crippen LogP contribution is -2.23. The summed E-state index contributed by atoms with van der Waals surface area (Å²) in [7, 11) is 0. The molecule has 1 unspecified atom stereocenters. The summed E-state index contributed by atoms with van der Waals surface area (Å²) in [4.78, 5) is 11.2. The Balaban J connectivity index is 2.02. The lowest BCUT2D eigenvalue weighted by Gasteiger charge is -2.23. The quantitative estimate of drug-likeness (QED) is 0.789. The lowest BCUT2D eigenvalue weighted by molar-refractivity contribution is 0.116. The highest BCUT2D eigenvalue weighted by molar-refractivity contribution is 5.88. The first-order chi connectivity index (χ1) is 8.70. The molecular weight excluding hydrogens is 234 g/mol. The fraction of sp³-hybridized carbons (Fsp3) is 0.462. The first kappa shape index (κ1) is 12.7. The molecule has 5 nitrogen and oxygen atoms in total. The number of aliphatic hydroxyl groups is 1. The average Bonchev–Trinajstić information content (AvgIpc) is 2.35. The van der Waals surface area contributed by atoms with Crippen LogP contribution in [0.1, 0.15) is 31.4 Å². The number of ether oxygens (including phenoxy) is 2. The van der Waals surface area contributed by atoms with Crippen molar-refractivity contribution in [3.05, 3.63) is 23.8 Å². The Hall–Kier alpha value is -1.75. The summed E-state index contributed by atoms with van der Waals surface area (Å²) < 4.78 is 10.6. The fourth-order valence-electron chi connectivity index (χ4n) is 1.85. The Kier molecular flexibility index (Phi) is 4.04. The van der Waals surface area contributed by atoms with Gasteiger partial charge in [0.15, 0.2) is 0 Å². The number of nitrogens with one attached hydrogen (secondary N) is 1. The highest BCUT2D eigenvalue weighted by atomic mass is 16.6. The van der Waals surface area contributed by atoms with E-state index in [4.69, 9.17) is 14.6 Å². The molecule has 1 atom stereocenters. The summed E-state index contributed by atoms with van der Waals surface area (Å²) in [6, 6.07) is 5.50. The second-order valence-electron chi connectivity index (χ2n) is 4.20. The Bertz CT molecular complexity index is 433. The normalized spacial score (nSPS) is 17.7. The third-order valence-corrected chi connectivity index (χ3v) is 2.80. The maximum atomic E-state index is 11.2. The van der Waals surface area contributed by atoms with E-state index in [-0.39, 0.29) is 12.7 Å². The Morgan fingerprint density at radius 2 is 2.28 bits per heavy atom. The van der Waals surface area contributed by atoms with Crippen LogP contribution in [-0.4, -0.2) is 24.4 Å². The molecule has 2 rings (SSSR count). The number of hydrogen-bond acceptors (Lipinski definition) is 4. The molecule has 0 radical (unpaired) electrons. The number of rotatable bonds is 5. The zero-order chi connectivity index (χ0) is 13.0. The molecule has 1 aromatic rings. The van der Waals surface area contributed by atoms with Crippen molar-refractivity contribution in [1.82, 2.24) is 0 Å². The number of carbonyl (C=O) groups is 1. The van der Waals surface area contributed by atoms with Gasteiger partial charge in [-0.2, -0.15) is 0 Å². The maximum Gasteiger partial charge on any atom is 0.412 e. The maximum absolute atomic E-state index is 11.2. The molecule has 1 aromatic carbocycles. The molecule has 2 N–H and O–H groups in total. The van der Waals surface area contributed by atoms with Crippen molar-refractivity contribution >= 4 is 11.8 Å². The molecule has 0 aromatic heterocycles.